The van der Waals surface area contributed by atoms with Gasteiger partial charge >= 0.3 is 0 Å². The zero-order valence-corrected chi connectivity index (χ0v) is 22.6. The lowest BCUT2D eigenvalue weighted by Gasteiger charge is -2.10. The molecular weight excluding hydrogens is 535 g/mol. The first-order valence-electron chi connectivity index (χ1n) is 11.5. The van der Waals surface area contributed by atoms with E-state index in [1.165, 1.54) is 12.4 Å². The van der Waals surface area contributed by atoms with Crippen LogP contribution in [-0.2, 0) is 0 Å². The molecule has 11 heteroatoms. The summed E-state index contributed by atoms with van der Waals surface area (Å²) >= 11 is 12.7. The number of ether oxygens (including phenoxy) is 2. The van der Waals surface area contributed by atoms with Gasteiger partial charge in [-0.25, -0.2) is 10.9 Å². The van der Waals surface area contributed by atoms with Crippen molar-refractivity contribution in [1.82, 2.24) is 10.9 Å². The smallest absolute Gasteiger partial charge is 0.285 e. The summed E-state index contributed by atoms with van der Waals surface area (Å²) in [5.41, 5.74) is 6.48. The molecule has 1 heterocycles. The summed E-state index contributed by atoms with van der Waals surface area (Å²) in [4.78, 5) is 26.4. The largest absolute Gasteiger partial charge is 0.488 e. The first-order chi connectivity index (χ1) is 17.9. The van der Waals surface area contributed by atoms with Gasteiger partial charge in [-0.2, -0.15) is 10.2 Å². The fourth-order valence-corrected chi connectivity index (χ4v) is 4.12. The first kappa shape index (κ1) is 28.2. The maximum atomic E-state index is 13.0. The summed E-state index contributed by atoms with van der Waals surface area (Å²) in [6.07, 6.45) is 4.38. The van der Waals surface area contributed by atoms with Crippen molar-refractivity contribution in [2.24, 2.45) is 10.2 Å². The average molecular weight is 561 g/mol. The zero-order valence-electron chi connectivity index (χ0n) is 20.3. The molecule has 0 aliphatic carbocycles. The third kappa shape index (κ3) is 8.31. The summed E-state index contributed by atoms with van der Waals surface area (Å²) in [5, 5.41) is 9.22. The number of rotatable bonds is 12. The Morgan fingerprint density at radius 3 is 1.49 bits per heavy atom. The molecule has 2 N–H and O–H groups in total. The second-order valence-electron chi connectivity index (χ2n) is 7.62. The van der Waals surface area contributed by atoms with Gasteiger partial charge in [-0.15, -0.1) is 11.3 Å². The van der Waals surface area contributed by atoms with E-state index in [2.05, 4.69) is 21.1 Å². The average Bonchev–Trinajstić information content (AvgIpc) is 3.26. The number of amides is 2. The van der Waals surface area contributed by atoms with E-state index >= 15 is 0 Å². The van der Waals surface area contributed by atoms with Gasteiger partial charge in [0.05, 0.1) is 25.6 Å². The Hall–Kier alpha value is -3.40. The van der Waals surface area contributed by atoms with Crippen LogP contribution in [0.15, 0.2) is 58.7 Å². The number of nitrogens with one attached hydrogen (secondary N) is 2. The Balaban J connectivity index is 1.84. The molecule has 3 aromatic rings. The molecule has 0 unspecified atom stereocenters. The lowest BCUT2D eigenvalue weighted by molar-refractivity contribution is 0.0945. The Labute approximate surface area is 229 Å². The van der Waals surface area contributed by atoms with Crippen LogP contribution in [0, 0.1) is 0 Å². The fourth-order valence-electron chi connectivity index (χ4n) is 2.90. The van der Waals surface area contributed by atoms with Gasteiger partial charge in [0.25, 0.3) is 11.8 Å². The van der Waals surface area contributed by atoms with Gasteiger partial charge in [-0.1, -0.05) is 61.3 Å². The highest BCUT2D eigenvalue weighted by atomic mass is 35.5. The van der Waals surface area contributed by atoms with Crippen molar-refractivity contribution in [3.05, 3.63) is 79.5 Å². The lowest BCUT2D eigenvalue weighted by Crippen LogP contribution is -2.17. The molecule has 8 nitrogen and oxygen atoms in total. The predicted molar refractivity (Wildman–Crippen MR) is 149 cm³/mol. The second kappa shape index (κ2) is 14.4. The van der Waals surface area contributed by atoms with E-state index in [0.29, 0.717) is 36.1 Å². The minimum atomic E-state index is -0.536. The number of hydrazone groups is 2. The van der Waals surface area contributed by atoms with Gasteiger partial charge in [0, 0.05) is 10.0 Å². The molecule has 0 spiro atoms. The lowest BCUT2D eigenvalue weighted by atomic mass is 10.2. The molecule has 0 aliphatic heterocycles. The molecule has 37 heavy (non-hydrogen) atoms. The van der Waals surface area contributed by atoms with Crippen LogP contribution in [0.4, 0.5) is 0 Å². The van der Waals surface area contributed by atoms with Gasteiger partial charge in [-0.05, 0) is 48.2 Å². The van der Waals surface area contributed by atoms with Crippen molar-refractivity contribution < 1.29 is 19.1 Å². The van der Waals surface area contributed by atoms with Crippen LogP contribution >= 0.6 is 34.5 Å². The van der Waals surface area contributed by atoms with E-state index < -0.39 is 11.8 Å². The first-order valence-corrected chi connectivity index (χ1v) is 13.1. The minimum Gasteiger partial charge on any atom is -0.488 e. The van der Waals surface area contributed by atoms with Crippen LogP contribution < -0.4 is 20.3 Å². The topological polar surface area (TPSA) is 101 Å². The highest BCUT2D eigenvalue weighted by molar-refractivity contribution is 7.16. The van der Waals surface area contributed by atoms with E-state index in [4.69, 9.17) is 32.7 Å². The molecule has 0 atom stereocenters. The number of benzene rings is 2. The summed E-state index contributed by atoms with van der Waals surface area (Å²) in [6, 6.07) is 13.9. The highest BCUT2D eigenvalue weighted by Crippen LogP contribution is 2.42. The quantitative estimate of drug-likeness (QED) is 0.204. The van der Waals surface area contributed by atoms with Crippen LogP contribution in [0.1, 0.15) is 57.2 Å². The van der Waals surface area contributed by atoms with Crippen LogP contribution in [0.2, 0.25) is 10.0 Å². The molecule has 0 aliphatic rings. The molecule has 0 saturated heterocycles. The fraction of sp³-hybridized carbons (Fsp3) is 0.231. The number of nitrogens with zero attached hydrogens (tertiary/aromatic N) is 2. The van der Waals surface area contributed by atoms with Crippen LogP contribution in [0.5, 0.6) is 11.5 Å². The third-order valence-corrected chi connectivity index (χ3v) is 6.29. The molecule has 194 valence electrons. The molecule has 0 bridgehead atoms. The van der Waals surface area contributed by atoms with Gasteiger partial charge in [0.2, 0.25) is 0 Å². The second-order valence-corrected chi connectivity index (χ2v) is 9.51. The Morgan fingerprint density at radius 2 is 1.14 bits per heavy atom. The highest BCUT2D eigenvalue weighted by Gasteiger charge is 2.29. The molecule has 2 aromatic carbocycles. The summed E-state index contributed by atoms with van der Waals surface area (Å²) in [7, 11) is 0. The van der Waals surface area contributed by atoms with Crippen molar-refractivity contribution in [3.63, 3.8) is 0 Å². The number of carbonyl (C=O) groups excluding carboxylic acids is 2. The molecule has 0 saturated carbocycles. The van der Waals surface area contributed by atoms with Crippen LogP contribution in [0.25, 0.3) is 0 Å². The normalized spacial score (nSPS) is 11.1. The Bertz CT molecular complexity index is 1160. The van der Waals surface area contributed by atoms with Crippen molar-refractivity contribution in [3.8, 4) is 11.5 Å². The number of carbonyl (C=O) groups is 2. The summed E-state index contributed by atoms with van der Waals surface area (Å²) in [5.74, 6) is -0.671. The van der Waals surface area contributed by atoms with E-state index in [0.717, 1.165) is 22.5 Å². The molecule has 3 rings (SSSR count). The van der Waals surface area contributed by atoms with Gasteiger partial charge < -0.3 is 9.47 Å². The van der Waals surface area contributed by atoms with Gasteiger partial charge in [-0.3, -0.25) is 9.59 Å². The van der Waals surface area contributed by atoms with E-state index in [1.54, 1.807) is 48.5 Å². The van der Waals surface area contributed by atoms with Crippen molar-refractivity contribution in [2.75, 3.05) is 13.2 Å². The molecular formula is C26H26Cl2N4O4S. The summed E-state index contributed by atoms with van der Waals surface area (Å²) < 4.78 is 11.7. The molecule has 2 amide bonds. The zero-order chi connectivity index (χ0) is 26.6. The number of hydrogen-bond donors (Lipinski definition) is 2. The predicted octanol–water partition coefficient (Wildman–Crippen LogP) is 6.16. The number of halogens is 2. The number of hydrogen-bond acceptors (Lipinski definition) is 7. The van der Waals surface area contributed by atoms with E-state index in [1.807, 2.05) is 13.8 Å². The van der Waals surface area contributed by atoms with Crippen molar-refractivity contribution in [1.29, 1.82) is 0 Å². The van der Waals surface area contributed by atoms with Crippen molar-refractivity contribution in [2.45, 2.75) is 26.7 Å². The standard InChI is InChI=1S/C26H26Cl2N4O4S/c1-3-13-35-21-22(36-14-4-2)24(26(34)32-30-16-18-7-11-20(28)12-8-18)37-23(21)25(33)31-29-15-17-5-9-19(27)10-6-17/h5-12,15-16H,3-4,13-14H2,1-2H3,(H,31,33)(H,32,34)/b29-15-,30-16-. The monoisotopic (exact) mass is 560 g/mol. The summed E-state index contributed by atoms with van der Waals surface area (Å²) in [6.45, 7) is 4.55. The number of thiophene rings is 1. The molecule has 0 fully saturated rings. The van der Waals surface area contributed by atoms with Crippen LogP contribution in [-0.4, -0.2) is 37.5 Å². The SMILES string of the molecule is CCCOc1c(C(=O)N/N=C\c2ccc(Cl)cc2)sc(C(=O)N/N=C\c2ccc(Cl)cc2)c1OCCC. The minimum absolute atomic E-state index is 0.166. The Kier molecular flexibility index (Phi) is 10.9. The third-order valence-electron chi connectivity index (χ3n) is 4.64. The molecule has 1 aromatic heterocycles. The van der Waals surface area contributed by atoms with Crippen LogP contribution in [0.3, 0.4) is 0 Å². The van der Waals surface area contributed by atoms with Crippen molar-refractivity contribution >= 4 is 58.8 Å². The van der Waals surface area contributed by atoms with E-state index in [9.17, 15) is 9.59 Å². The van der Waals surface area contributed by atoms with E-state index in [-0.39, 0.29) is 21.3 Å². The van der Waals surface area contributed by atoms with Gasteiger partial charge in [0.15, 0.2) is 11.5 Å². The maximum absolute atomic E-state index is 13.0. The Morgan fingerprint density at radius 1 is 0.757 bits per heavy atom. The van der Waals surface area contributed by atoms with Gasteiger partial charge in [0.1, 0.15) is 9.75 Å². The maximum Gasteiger partial charge on any atom is 0.285 e. The molecule has 0 radical (unpaired) electrons.